The number of benzene rings is 2. The van der Waals surface area contributed by atoms with Crippen molar-refractivity contribution in [1.82, 2.24) is 9.97 Å². The predicted octanol–water partition coefficient (Wildman–Crippen LogP) is 8.44. The first-order valence-corrected chi connectivity index (χ1v) is 15.1. The van der Waals surface area contributed by atoms with Gasteiger partial charge in [0.25, 0.3) is 0 Å². The number of aliphatic hydroxyl groups is 2. The quantitative estimate of drug-likeness (QED) is 0.0806. The molecule has 2 aromatic carbocycles. The molecule has 0 saturated carbocycles. The van der Waals surface area contributed by atoms with Gasteiger partial charge < -0.3 is 14.9 Å². The zero-order valence-electron chi connectivity index (χ0n) is 25.1. The molecule has 0 spiro atoms. The molecule has 2 heterocycles. The van der Waals surface area contributed by atoms with Gasteiger partial charge in [-0.3, -0.25) is 9.78 Å². The van der Waals surface area contributed by atoms with Crippen LogP contribution in [0.5, 0.6) is 5.75 Å². The molecule has 0 saturated heterocycles. The average molecular weight is 577 g/mol. The van der Waals surface area contributed by atoms with E-state index in [0.717, 1.165) is 61.1 Å². The fourth-order valence-corrected chi connectivity index (χ4v) is 6.11. The monoisotopic (exact) mass is 576 g/mol. The van der Waals surface area contributed by atoms with Gasteiger partial charge in [-0.2, -0.15) is 0 Å². The van der Waals surface area contributed by atoms with Crippen LogP contribution in [0.1, 0.15) is 67.8 Å². The molecule has 2 aromatic heterocycles. The standard InChI is InChI=1S/C37H40N2O4/c1-37(19-3-5-26(15-20-37)6-4-23-40)21-16-27-7-9-28(10-8-27)29-11-13-30(14-12-29)35-36(43-2)34(33(42)18-24-41)31-25-38-22-17-32(31)39-35/h5,7-14,17-18,22,24-25,40-41H,3-4,6,15-16,19-21,23H2,1-2H3/b24-18+/t37-/m1/s1. The third-order valence-electron chi connectivity index (χ3n) is 8.77. The van der Waals surface area contributed by atoms with E-state index in [1.165, 1.54) is 37.5 Å². The Bertz CT molecular complexity index is 1620. The van der Waals surface area contributed by atoms with Gasteiger partial charge in [-0.15, -0.1) is 0 Å². The number of hydrogen-bond acceptors (Lipinski definition) is 6. The summed E-state index contributed by atoms with van der Waals surface area (Å²) in [5.41, 5.74) is 7.77. The molecule has 6 nitrogen and oxygen atoms in total. The lowest BCUT2D eigenvalue weighted by Gasteiger charge is -2.28. The maximum Gasteiger partial charge on any atom is 0.193 e. The number of fused-ring (bicyclic) bond motifs is 1. The molecule has 0 radical (unpaired) electrons. The predicted molar refractivity (Wildman–Crippen MR) is 172 cm³/mol. The second-order valence-electron chi connectivity index (χ2n) is 11.8. The van der Waals surface area contributed by atoms with E-state index in [0.29, 0.717) is 33.3 Å². The van der Waals surface area contributed by atoms with Crippen LogP contribution < -0.4 is 4.74 Å². The summed E-state index contributed by atoms with van der Waals surface area (Å²) in [6.07, 6.45) is 16.4. The fourth-order valence-electron chi connectivity index (χ4n) is 6.11. The maximum atomic E-state index is 12.9. The van der Waals surface area contributed by atoms with Crippen molar-refractivity contribution in [3.8, 4) is 28.1 Å². The third kappa shape index (κ3) is 7.03. The van der Waals surface area contributed by atoms with E-state index < -0.39 is 0 Å². The first kappa shape index (κ1) is 30.2. The molecule has 0 bridgehead atoms. The number of carbonyl (C=O) groups is 1. The van der Waals surface area contributed by atoms with Crippen molar-refractivity contribution in [3.05, 3.63) is 102 Å². The van der Waals surface area contributed by atoms with E-state index in [4.69, 9.17) is 14.8 Å². The number of aryl methyl sites for hydroxylation is 1. The van der Waals surface area contributed by atoms with Crippen LogP contribution in [-0.2, 0) is 6.42 Å². The summed E-state index contributed by atoms with van der Waals surface area (Å²) in [6, 6.07) is 18.7. The van der Waals surface area contributed by atoms with Crippen molar-refractivity contribution in [3.63, 3.8) is 0 Å². The largest absolute Gasteiger partial charge is 0.515 e. The molecule has 43 heavy (non-hydrogen) atoms. The summed E-state index contributed by atoms with van der Waals surface area (Å²) in [7, 11) is 1.52. The van der Waals surface area contributed by atoms with Crippen molar-refractivity contribution in [1.29, 1.82) is 0 Å². The molecular weight excluding hydrogens is 536 g/mol. The molecule has 0 aliphatic heterocycles. The lowest BCUT2D eigenvalue weighted by molar-refractivity contribution is 0.104. The lowest BCUT2D eigenvalue weighted by Crippen LogP contribution is -2.16. The van der Waals surface area contributed by atoms with E-state index in [2.05, 4.69) is 54.4 Å². The number of carbonyl (C=O) groups excluding carboxylic acids is 1. The van der Waals surface area contributed by atoms with E-state index in [-0.39, 0.29) is 12.4 Å². The van der Waals surface area contributed by atoms with Gasteiger partial charge in [0.15, 0.2) is 11.5 Å². The summed E-state index contributed by atoms with van der Waals surface area (Å²) < 4.78 is 5.70. The van der Waals surface area contributed by atoms with E-state index in [1.807, 2.05) is 12.1 Å². The zero-order chi connectivity index (χ0) is 30.2. The van der Waals surface area contributed by atoms with E-state index >= 15 is 0 Å². The van der Waals surface area contributed by atoms with Crippen molar-refractivity contribution >= 4 is 16.7 Å². The summed E-state index contributed by atoms with van der Waals surface area (Å²) in [4.78, 5) is 21.9. The molecule has 1 aliphatic rings. The number of ether oxygens (including phenoxy) is 1. The van der Waals surface area contributed by atoms with Crippen molar-refractivity contribution in [2.75, 3.05) is 13.7 Å². The highest BCUT2D eigenvalue weighted by Crippen LogP contribution is 2.40. The highest BCUT2D eigenvalue weighted by atomic mass is 16.5. The Balaban J connectivity index is 1.31. The van der Waals surface area contributed by atoms with E-state index in [9.17, 15) is 9.90 Å². The first-order valence-electron chi connectivity index (χ1n) is 15.1. The van der Waals surface area contributed by atoms with Crippen LogP contribution in [0, 0.1) is 5.41 Å². The summed E-state index contributed by atoms with van der Waals surface area (Å²) in [6.45, 7) is 2.71. The van der Waals surface area contributed by atoms with E-state index in [1.54, 1.807) is 18.5 Å². The highest BCUT2D eigenvalue weighted by Gasteiger charge is 2.26. The number of aromatic nitrogens is 2. The first-order chi connectivity index (χ1) is 20.9. The van der Waals surface area contributed by atoms with Crippen LogP contribution in [0.25, 0.3) is 33.3 Å². The molecule has 1 atom stereocenters. The van der Waals surface area contributed by atoms with Gasteiger partial charge in [-0.05, 0) is 79.5 Å². The number of aliphatic hydroxyl groups excluding tert-OH is 2. The van der Waals surface area contributed by atoms with Gasteiger partial charge in [-0.25, -0.2) is 4.98 Å². The molecule has 6 heteroatoms. The topological polar surface area (TPSA) is 92.5 Å². The Kier molecular flexibility index (Phi) is 9.68. The number of allylic oxidation sites excluding steroid dienone is 3. The molecule has 0 amide bonds. The lowest BCUT2D eigenvalue weighted by atomic mass is 9.77. The van der Waals surface area contributed by atoms with Crippen LogP contribution in [0.2, 0.25) is 0 Å². The third-order valence-corrected chi connectivity index (χ3v) is 8.77. The van der Waals surface area contributed by atoms with Crippen molar-refractivity contribution in [2.45, 2.75) is 58.3 Å². The Morgan fingerprint density at radius 3 is 2.42 bits per heavy atom. The Morgan fingerprint density at radius 1 is 1.00 bits per heavy atom. The molecule has 0 fully saturated rings. The molecule has 5 rings (SSSR count). The number of hydrogen-bond donors (Lipinski definition) is 2. The van der Waals surface area contributed by atoms with Crippen LogP contribution >= 0.6 is 0 Å². The number of methoxy groups -OCH3 is 1. The fraction of sp³-hybridized carbons (Fsp3) is 0.324. The van der Waals surface area contributed by atoms with Crippen molar-refractivity contribution < 1.29 is 19.7 Å². The minimum Gasteiger partial charge on any atom is -0.515 e. The normalized spacial score (nSPS) is 17.1. The highest BCUT2D eigenvalue weighted by molar-refractivity contribution is 6.16. The Morgan fingerprint density at radius 2 is 1.72 bits per heavy atom. The van der Waals surface area contributed by atoms with Gasteiger partial charge in [-0.1, -0.05) is 67.1 Å². The molecule has 4 aromatic rings. The van der Waals surface area contributed by atoms with Gasteiger partial charge in [0, 0.05) is 36.0 Å². The maximum absolute atomic E-state index is 12.9. The smallest absolute Gasteiger partial charge is 0.193 e. The average Bonchev–Trinajstić information content (AvgIpc) is 3.23. The molecular formula is C37H40N2O4. The summed E-state index contributed by atoms with van der Waals surface area (Å²) >= 11 is 0. The van der Waals surface area contributed by atoms with Crippen LogP contribution in [0.15, 0.2) is 91.0 Å². The van der Waals surface area contributed by atoms with Gasteiger partial charge in [0.1, 0.15) is 5.69 Å². The minimum absolute atomic E-state index is 0.274. The number of ketones is 1. The van der Waals surface area contributed by atoms with Crippen LogP contribution in [0.4, 0.5) is 0 Å². The second kappa shape index (κ2) is 13.8. The van der Waals surface area contributed by atoms with Crippen LogP contribution in [-0.4, -0.2) is 39.7 Å². The van der Waals surface area contributed by atoms with Gasteiger partial charge in [0.2, 0.25) is 0 Å². The number of nitrogens with zero attached hydrogens (tertiary/aromatic N) is 2. The summed E-state index contributed by atoms with van der Waals surface area (Å²) in [5.74, 6) is -0.0366. The molecule has 0 unspecified atom stereocenters. The SMILES string of the molecule is COc1c(-c2ccc(-c3ccc(CC[C@]4(C)CCC=C(CCCO)CC4)cc3)cc2)nc2ccncc2c1C(=O)/C=C/O. The van der Waals surface area contributed by atoms with Gasteiger partial charge in [0.05, 0.1) is 24.5 Å². The number of rotatable bonds is 11. The van der Waals surface area contributed by atoms with Crippen molar-refractivity contribution in [2.24, 2.45) is 5.41 Å². The molecule has 1 aliphatic carbocycles. The summed E-state index contributed by atoms with van der Waals surface area (Å²) in [5, 5.41) is 19.0. The minimum atomic E-state index is -0.384. The second-order valence-corrected chi connectivity index (χ2v) is 11.8. The Labute approximate surface area is 253 Å². The van der Waals surface area contributed by atoms with Crippen LogP contribution in [0.3, 0.4) is 0 Å². The molecule has 222 valence electrons. The molecule has 2 N–H and O–H groups in total. The van der Waals surface area contributed by atoms with Gasteiger partial charge >= 0.3 is 0 Å². The zero-order valence-corrected chi connectivity index (χ0v) is 25.1. The Hall–Kier alpha value is -4.29. The number of pyridine rings is 2.